The van der Waals surface area contributed by atoms with E-state index in [0.29, 0.717) is 6.07 Å². The Kier molecular flexibility index (Phi) is 5.89. The number of benzene rings is 3. The Hall–Kier alpha value is -3.37. The number of aromatic hydroxyl groups is 1. The highest BCUT2D eigenvalue weighted by atomic mass is 35.5. The first-order valence-corrected chi connectivity index (χ1v) is 11.5. The minimum absolute atomic E-state index is 0.0170. The predicted octanol–water partition coefficient (Wildman–Crippen LogP) is 4.30. The number of halogens is 3. The Morgan fingerprint density at radius 1 is 1.09 bits per heavy atom. The molecule has 172 valence electrons. The van der Waals surface area contributed by atoms with Gasteiger partial charge in [0.15, 0.2) is 5.75 Å². The molecule has 1 aliphatic rings. The SMILES string of the molecule is CC1CNC(=O)c2cc(Cl)c(O)c(c2)S(=O)(=O)Nc2cc(c(F)cc2F)-c2ccccc2O1. The zero-order valence-electron chi connectivity index (χ0n) is 17.0. The quantitative estimate of drug-likeness (QED) is 0.432. The highest BCUT2D eigenvalue weighted by molar-refractivity contribution is 7.92. The highest BCUT2D eigenvalue weighted by Gasteiger charge is 2.26. The van der Waals surface area contributed by atoms with Gasteiger partial charge in [-0.25, -0.2) is 17.2 Å². The Morgan fingerprint density at radius 3 is 2.58 bits per heavy atom. The van der Waals surface area contributed by atoms with Gasteiger partial charge in [-0.1, -0.05) is 29.8 Å². The van der Waals surface area contributed by atoms with E-state index in [9.17, 15) is 27.1 Å². The summed E-state index contributed by atoms with van der Waals surface area (Å²) in [6.45, 7) is 1.69. The van der Waals surface area contributed by atoms with Gasteiger partial charge in [0.2, 0.25) is 0 Å². The lowest BCUT2D eigenvalue weighted by atomic mass is 10.0. The van der Waals surface area contributed by atoms with Gasteiger partial charge in [-0.05, 0) is 31.2 Å². The summed E-state index contributed by atoms with van der Waals surface area (Å²) in [6.07, 6.45) is -0.572. The van der Waals surface area contributed by atoms with Crippen molar-refractivity contribution in [2.24, 2.45) is 0 Å². The van der Waals surface area contributed by atoms with Gasteiger partial charge < -0.3 is 15.2 Å². The Bertz CT molecular complexity index is 1380. The molecular formula is C22H17ClF2N2O5S. The molecule has 1 amide bonds. The van der Waals surface area contributed by atoms with Crippen molar-refractivity contribution in [1.82, 2.24) is 5.32 Å². The van der Waals surface area contributed by atoms with E-state index >= 15 is 0 Å². The second-order valence-electron chi connectivity index (χ2n) is 7.36. The number of anilines is 1. The van der Waals surface area contributed by atoms with E-state index in [1.807, 2.05) is 4.72 Å². The molecule has 33 heavy (non-hydrogen) atoms. The minimum Gasteiger partial charge on any atom is -0.505 e. The fraction of sp³-hybridized carbons (Fsp3) is 0.136. The molecule has 0 fully saturated rings. The molecule has 3 aromatic carbocycles. The fourth-order valence-electron chi connectivity index (χ4n) is 3.33. The number of hydrogen-bond acceptors (Lipinski definition) is 5. The number of phenols is 1. The molecule has 1 heterocycles. The number of nitrogens with one attached hydrogen (secondary N) is 2. The van der Waals surface area contributed by atoms with E-state index in [4.69, 9.17) is 16.3 Å². The Balaban J connectivity index is 1.96. The number of rotatable bonds is 0. The van der Waals surface area contributed by atoms with E-state index in [1.54, 1.807) is 25.1 Å². The summed E-state index contributed by atoms with van der Waals surface area (Å²) < 4.78 is 63.1. The summed E-state index contributed by atoms with van der Waals surface area (Å²) in [5, 5.41) is 12.4. The lowest BCUT2D eigenvalue weighted by Crippen LogP contribution is -2.33. The van der Waals surface area contributed by atoms with Crippen LogP contribution in [0, 0.1) is 11.6 Å². The van der Waals surface area contributed by atoms with Gasteiger partial charge in [-0.15, -0.1) is 0 Å². The van der Waals surface area contributed by atoms with Gasteiger partial charge in [-0.2, -0.15) is 0 Å². The summed E-state index contributed by atoms with van der Waals surface area (Å²) in [7, 11) is -4.64. The second-order valence-corrected chi connectivity index (χ2v) is 9.41. The maximum absolute atomic E-state index is 14.7. The van der Waals surface area contributed by atoms with Crippen LogP contribution in [0.2, 0.25) is 5.02 Å². The molecule has 0 aromatic heterocycles. The number of ether oxygens (including phenoxy) is 1. The largest absolute Gasteiger partial charge is 0.505 e. The van der Waals surface area contributed by atoms with Gasteiger partial charge >= 0.3 is 0 Å². The van der Waals surface area contributed by atoms with Crippen LogP contribution in [0.1, 0.15) is 17.3 Å². The van der Waals surface area contributed by atoms with Gasteiger partial charge in [0.1, 0.15) is 28.4 Å². The maximum Gasteiger partial charge on any atom is 0.265 e. The molecule has 3 N–H and O–H groups in total. The minimum atomic E-state index is -4.64. The molecule has 0 saturated heterocycles. The van der Waals surface area contributed by atoms with Crippen LogP contribution in [0.15, 0.2) is 53.4 Å². The molecule has 4 rings (SSSR count). The summed E-state index contributed by atoms with van der Waals surface area (Å²) in [5.41, 5.74) is -0.600. The Morgan fingerprint density at radius 2 is 1.82 bits per heavy atom. The highest BCUT2D eigenvalue weighted by Crippen LogP contribution is 2.37. The van der Waals surface area contributed by atoms with Crippen molar-refractivity contribution in [2.75, 3.05) is 11.3 Å². The molecule has 1 unspecified atom stereocenters. The Labute approximate surface area is 193 Å². The summed E-state index contributed by atoms with van der Waals surface area (Å²) in [6, 6.07) is 9.89. The zero-order chi connectivity index (χ0) is 23.9. The van der Waals surface area contributed by atoms with Crippen molar-refractivity contribution in [3.05, 3.63) is 70.8 Å². The van der Waals surface area contributed by atoms with Crippen LogP contribution in [-0.4, -0.2) is 32.1 Å². The van der Waals surface area contributed by atoms with Crippen LogP contribution in [0.4, 0.5) is 14.5 Å². The molecule has 1 atom stereocenters. The number of amides is 1. The number of fused-ring (bicyclic) bond motifs is 6. The van der Waals surface area contributed by atoms with Gasteiger partial charge in [0.25, 0.3) is 15.9 Å². The van der Waals surface area contributed by atoms with E-state index in [0.717, 1.165) is 18.2 Å². The van der Waals surface area contributed by atoms with Gasteiger partial charge in [0, 0.05) is 22.8 Å². The number of para-hydroxylation sites is 1. The first kappa shape index (κ1) is 22.8. The van der Waals surface area contributed by atoms with E-state index in [2.05, 4.69) is 5.32 Å². The van der Waals surface area contributed by atoms with E-state index in [-0.39, 0.29) is 29.0 Å². The monoisotopic (exact) mass is 494 g/mol. The molecule has 0 spiro atoms. The zero-order valence-corrected chi connectivity index (χ0v) is 18.6. The first-order valence-electron chi connectivity index (χ1n) is 9.65. The lowest BCUT2D eigenvalue weighted by molar-refractivity contribution is 0.0932. The van der Waals surface area contributed by atoms with E-state index in [1.165, 1.54) is 6.07 Å². The third kappa shape index (κ3) is 4.44. The number of sulfonamides is 1. The molecule has 7 nitrogen and oxygen atoms in total. The number of hydrogen-bond donors (Lipinski definition) is 3. The van der Waals surface area contributed by atoms with Crippen LogP contribution < -0.4 is 14.8 Å². The van der Waals surface area contributed by atoms with Crippen molar-refractivity contribution >= 4 is 33.2 Å². The van der Waals surface area contributed by atoms with Crippen molar-refractivity contribution in [3.8, 4) is 22.6 Å². The third-order valence-corrected chi connectivity index (χ3v) is 6.60. The standard InChI is InChI=1S/C22H17ClF2N2O5S/c1-11-10-26-22(29)12-6-15(23)21(28)20(7-12)33(30,31)27-18-8-14(16(24)9-17(18)25)13-4-2-3-5-19(13)32-11/h2-9,11,27-28H,10H2,1H3,(H,26,29). The van der Waals surface area contributed by atoms with Gasteiger partial charge in [-0.3, -0.25) is 9.52 Å². The van der Waals surface area contributed by atoms with Gasteiger partial charge in [0.05, 0.1) is 17.3 Å². The average molecular weight is 495 g/mol. The van der Waals surface area contributed by atoms with Crippen molar-refractivity contribution < 1.29 is 31.8 Å². The fourth-order valence-corrected chi connectivity index (χ4v) is 4.81. The van der Waals surface area contributed by atoms with Crippen LogP contribution in [0.25, 0.3) is 11.1 Å². The van der Waals surface area contributed by atoms with Crippen molar-refractivity contribution in [2.45, 2.75) is 17.9 Å². The molecule has 3 aromatic rings. The molecular weight excluding hydrogens is 478 g/mol. The molecule has 11 heteroatoms. The second kappa shape index (κ2) is 8.53. The topological polar surface area (TPSA) is 105 Å². The summed E-state index contributed by atoms with van der Waals surface area (Å²) >= 11 is 5.94. The normalized spacial score (nSPS) is 17.5. The predicted molar refractivity (Wildman–Crippen MR) is 118 cm³/mol. The smallest absolute Gasteiger partial charge is 0.265 e. The third-order valence-electron chi connectivity index (χ3n) is 4.94. The van der Waals surface area contributed by atoms with Crippen LogP contribution >= 0.6 is 11.6 Å². The summed E-state index contributed by atoms with van der Waals surface area (Å²) in [4.78, 5) is 11.9. The van der Waals surface area contributed by atoms with Crippen LogP contribution in [-0.2, 0) is 10.0 Å². The molecule has 0 aliphatic carbocycles. The van der Waals surface area contributed by atoms with Crippen LogP contribution in [0.5, 0.6) is 11.5 Å². The van der Waals surface area contributed by atoms with Crippen LogP contribution in [0.3, 0.4) is 0 Å². The average Bonchev–Trinajstić information content (AvgIpc) is 2.75. The molecule has 0 radical (unpaired) electrons. The number of carbonyl (C=O) groups excluding carboxylic acids is 1. The first-order chi connectivity index (χ1) is 15.6. The maximum atomic E-state index is 14.7. The molecule has 0 saturated carbocycles. The number of carbonyl (C=O) groups is 1. The van der Waals surface area contributed by atoms with Crippen molar-refractivity contribution in [3.63, 3.8) is 0 Å². The van der Waals surface area contributed by atoms with Crippen molar-refractivity contribution in [1.29, 1.82) is 0 Å². The molecule has 1 aliphatic heterocycles. The lowest BCUT2D eigenvalue weighted by Gasteiger charge is -2.18. The molecule has 4 bridgehead atoms. The van der Waals surface area contributed by atoms with E-state index < -0.39 is 55.0 Å². The number of phenolic OH excluding ortho intramolecular Hbond substituents is 1. The summed E-state index contributed by atoms with van der Waals surface area (Å²) in [5.74, 6) is -3.38.